The maximum Gasteiger partial charge on any atom is 0.223 e. The van der Waals surface area contributed by atoms with E-state index >= 15 is 0 Å². The summed E-state index contributed by atoms with van der Waals surface area (Å²) in [6.45, 7) is -0.226. The summed E-state index contributed by atoms with van der Waals surface area (Å²) in [6, 6.07) is 1.77. The SMILES string of the molecule is Nc1nc(N)c2ccn([C@H]3C[C@@H](O)[C@@H](CO)O3)c2n1. The quantitative estimate of drug-likeness (QED) is 0.560. The molecule has 1 fully saturated rings. The minimum atomic E-state index is -0.705. The van der Waals surface area contributed by atoms with E-state index in [4.69, 9.17) is 21.3 Å². The van der Waals surface area contributed by atoms with Crippen molar-refractivity contribution >= 4 is 22.8 Å². The van der Waals surface area contributed by atoms with E-state index in [9.17, 15) is 5.11 Å². The molecule has 0 saturated carbocycles. The number of aromatic nitrogens is 3. The Morgan fingerprint density at radius 2 is 2.21 bits per heavy atom. The van der Waals surface area contributed by atoms with Crippen LogP contribution >= 0.6 is 0 Å². The normalized spacial score (nSPS) is 27.2. The van der Waals surface area contributed by atoms with Gasteiger partial charge in [0.1, 0.15) is 23.8 Å². The monoisotopic (exact) mass is 265 g/mol. The van der Waals surface area contributed by atoms with Crippen LogP contribution in [0.4, 0.5) is 11.8 Å². The number of nitrogen functional groups attached to an aromatic ring is 2. The fourth-order valence-corrected chi connectivity index (χ4v) is 2.36. The first-order valence-corrected chi connectivity index (χ1v) is 5.94. The summed E-state index contributed by atoms with van der Waals surface area (Å²) < 4.78 is 7.31. The average molecular weight is 265 g/mol. The Kier molecular flexibility index (Phi) is 2.77. The smallest absolute Gasteiger partial charge is 0.223 e. The van der Waals surface area contributed by atoms with Gasteiger partial charge < -0.3 is 31.0 Å². The minimum absolute atomic E-state index is 0.0854. The van der Waals surface area contributed by atoms with Gasteiger partial charge in [-0.25, -0.2) is 0 Å². The van der Waals surface area contributed by atoms with Gasteiger partial charge in [0.15, 0.2) is 0 Å². The van der Waals surface area contributed by atoms with Crippen LogP contribution in [-0.4, -0.2) is 43.6 Å². The number of aliphatic hydroxyl groups is 2. The molecular weight excluding hydrogens is 250 g/mol. The van der Waals surface area contributed by atoms with Crippen molar-refractivity contribution in [1.82, 2.24) is 14.5 Å². The molecule has 2 aromatic heterocycles. The van der Waals surface area contributed by atoms with Gasteiger partial charge >= 0.3 is 0 Å². The Morgan fingerprint density at radius 3 is 2.89 bits per heavy atom. The number of hydrogen-bond acceptors (Lipinski definition) is 7. The molecule has 6 N–H and O–H groups in total. The first-order chi connectivity index (χ1) is 9.10. The second-order valence-electron chi connectivity index (χ2n) is 4.54. The third-order valence-corrected chi connectivity index (χ3v) is 3.31. The first kappa shape index (κ1) is 12.2. The highest BCUT2D eigenvalue weighted by molar-refractivity contribution is 5.87. The molecule has 19 heavy (non-hydrogen) atoms. The highest BCUT2D eigenvalue weighted by atomic mass is 16.5. The molecule has 0 aromatic carbocycles. The number of nitrogens with zero attached hydrogens (tertiary/aromatic N) is 3. The van der Waals surface area contributed by atoms with Crippen molar-refractivity contribution in [3.63, 3.8) is 0 Å². The van der Waals surface area contributed by atoms with E-state index in [0.717, 1.165) is 0 Å². The van der Waals surface area contributed by atoms with E-state index in [0.29, 0.717) is 23.3 Å². The maximum atomic E-state index is 9.76. The Balaban J connectivity index is 2.02. The number of anilines is 2. The van der Waals surface area contributed by atoms with E-state index in [2.05, 4.69) is 9.97 Å². The maximum absolute atomic E-state index is 9.76. The van der Waals surface area contributed by atoms with Gasteiger partial charge in [-0.15, -0.1) is 0 Å². The predicted molar refractivity (Wildman–Crippen MR) is 68.0 cm³/mol. The van der Waals surface area contributed by atoms with Crippen molar-refractivity contribution in [3.8, 4) is 0 Å². The molecule has 2 aromatic rings. The molecule has 0 spiro atoms. The van der Waals surface area contributed by atoms with Crippen LogP contribution in [0.1, 0.15) is 12.6 Å². The molecule has 0 unspecified atom stereocenters. The third kappa shape index (κ3) is 1.89. The summed E-state index contributed by atoms with van der Waals surface area (Å²) in [5, 5.41) is 19.5. The van der Waals surface area contributed by atoms with Crippen LogP contribution in [0.5, 0.6) is 0 Å². The molecule has 3 rings (SSSR count). The van der Waals surface area contributed by atoms with Crippen LogP contribution in [0.25, 0.3) is 11.0 Å². The molecular formula is C11H15N5O3. The molecule has 1 aliphatic heterocycles. The van der Waals surface area contributed by atoms with Gasteiger partial charge in [0, 0.05) is 12.6 Å². The number of rotatable bonds is 2. The second kappa shape index (κ2) is 4.34. The lowest BCUT2D eigenvalue weighted by Crippen LogP contribution is -2.24. The van der Waals surface area contributed by atoms with Crippen molar-refractivity contribution < 1.29 is 14.9 Å². The molecule has 102 valence electrons. The van der Waals surface area contributed by atoms with E-state index in [1.54, 1.807) is 16.8 Å². The van der Waals surface area contributed by atoms with Crippen LogP contribution in [-0.2, 0) is 4.74 Å². The van der Waals surface area contributed by atoms with Crippen molar-refractivity contribution in [2.45, 2.75) is 24.9 Å². The molecule has 0 radical (unpaired) electrons. The third-order valence-electron chi connectivity index (χ3n) is 3.31. The van der Waals surface area contributed by atoms with Gasteiger partial charge in [0.05, 0.1) is 18.1 Å². The highest BCUT2D eigenvalue weighted by Crippen LogP contribution is 2.32. The Hall–Kier alpha value is -1.90. The fraction of sp³-hybridized carbons (Fsp3) is 0.455. The number of hydrogen-bond donors (Lipinski definition) is 4. The van der Waals surface area contributed by atoms with Crippen LogP contribution in [0, 0.1) is 0 Å². The summed E-state index contributed by atoms with van der Waals surface area (Å²) in [5.74, 6) is 0.390. The van der Waals surface area contributed by atoms with Crippen LogP contribution < -0.4 is 11.5 Å². The molecule has 1 saturated heterocycles. The zero-order valence-corrected chi connectivity index (χ0v) is 10.1. The molecule has 8 nitrogen and oxygen atoms in total. The lowest BCUT2D eigenvalue weighted by Gasteiger charge is -2.14. The summed E-state index contributed by atoms with van der Waals surface area (Å²) in [5.41, 5.74) is 11.9. The number of fused-ring (bicyclic) bond motifs is 1. The van der Waals surface area contributed by atoms with Crippen LogP contribution in [0.2, 0.25) is 0 Å². The molecule has 8 heteroatoms. The fourth-order valence-electron chi connectivity index (χ4n) is 2.36. The average Bonchev–Trinajstić information content (AvgIpc) is 2.92. The van der Waals surface area contributed by atoms with Gasteiger partial charge in [0.25, 0.3) is 0 Å². The standard InChI is InChI=1S/C11H15N5O3/c12-9-5-1-2-16(10(5)15-11(13)14-9)8-3-6(18)7(4-17)19-8/h1-2,6-8,17-18H,3-4H2,(H4,12,13,14,15)/t6-,7-,8-/m1/s1. The van der Waals surface area contributed by atoms with Crippen molar-refractivity contribution in [3.05, 3.63) is 12.3 Å². The van der Waals surface area contributed by atoms with E-state index in [1.165, 1.54) is 0 Å². The van der Waals surface area contributed by atoms with Crippen molar-refractivity contribution in [2.75, 3.05) is 18.1 Å². The second-order valence-corrected chi connectivity index (χ2v) is 4.54. The van der Waals surface area contributed by atoms with Crippen molar-refractivity contribution in [1.29, 1.82) is 0 Å². The predicted octanol–water partition coefficient (Wildman–Crippen LogP) is -0.764. The number of ether oxygens (including phenoxy) is 1. The topological polar surface area (TPSA) is 132 Å². The van der Waals surface area contributed by atoms with Gasteiger partial charge in [0.2, 0.25) is 5.95 Å². The largest absolute Gasteiger partial charge is 0.394 e. The lowest BCUT2D eigenvalue weighted by molar-refractivity contribution is -0.0430. The summed E-state index contributed by atoms with van der Waals surface area (Å²) in [6.07, 6.45) is 0.437. The zero-order chi connectivity index (χ0) is 13.6. The molecule has 3 atom stereocenters. The molecule has 0 amide bonds. The Morgan fingerprint density at radius 1 is 1.42 bits per heavy atom. The van der Waals surface area contributed by atoms with E-state index in [1.807, 2.05) is 0 Å². The number of nitrogens with two attached hydrogens (primary N) is 2. The summed E-state index contributed by atoms with van der Waals surface area (Å²) in [7, 11) is 0. The Labute approximate surface area is 108 Å². The van der Waals surface area contributed by atoms with Gasteiger partial charge in [-0.1, -0.05) is 0 Å². The minimum Gasteiger partial charge on any atom is -0.394 e. The number of aliphatic hydroxyl groups excluding tert-OH is 2. The Bertz CT molecular complexity index is 614. The molecule has 0 aliphatic carbocycles. The first-order valence-electron chi connectivity index (χ1n) is 5.94. The van der Waals surface area contributed by atoms with E-state index in [-0.39, 0.29) is 12.6 Å². The highest BCUT2D eigenvalue weighted by Gasteiger charge is 2.35. The van der Waals surface area contributed by atoms with Crippen LogP contribution in [0.15, 0.2) is 12.3 Å². The van der Waals surface area contributed by atoms with Crippen LogP contribution in [0.3, 0.4) is 0 Å². The summed E-state index contributed by atoms with van der Waals surface area (Å²) >= 11 is 0. The van der Waals surface area contributed by atoms with E-state index < -0.39 is 18.4 Å². The molecule has 1 aliphatic rings. The molecule has 0 bridgehead atoms. The molecule has 3 heterocycles. The van der Waals surface area contributed by atoms with Gasteiger partial charge in [-0.2, -0.15) is 9.97 Å². The van der Waals surface area contributed by atoms with Gasteiger partial charge in [-0.3, -0.25) is 0 Å². The van der Waals surface area contributed by atoms with Gasteiger partial charge in [-0.05, 0) is 6.07 Å². The summed E-state index contributed by atoms with van der Waals surface area (Å²) in [4.78, 5) is 8.03. The zero-order valence-electron chi connectivity index (χ0n) is 10.1. The van der Waals surface area contributed by atoms with Crippen molar-refractivity contribution in [2.24, 2.45) is 0 Å². The lowest BCUT2D eigenvalue weighted by atomic mass is 10.2.